The number of rotatable bonds is 4. The lowest BCUT2D eigenvalue weighted by molar-refractivity contribution is -0.137. The van der Waals surface area contributed by atoms with Gasteiger partial charge in [0.2, 0.25) is 10.0 Å². The van der Waals surface area contributed by atoms with E-state index in [1.54, 1.807) is 0 Å². The van der Waals surface area contributed by atoms with Crippen molar-refractivity contribution in [3.05, 3.63) is 64.7 Å². The number of halogens is 4. The van der Waals surface area contributed by atoms with Gasteiger partial charge in [0.05, 0.1) is 10.5 Å². The molecule has 0 aliphatic carbocycles. The average Bonchev–Trinajstić information content (AvgIpc) is 2.46. The van der Waals surface area contributed by atoms with Crippen LogP contribution in [0.2, 0.25) is 5.02 Å². The molecule has 0 fully saturated rings. The maximum Gasteiger partial charge on any atom is 0.416 e. The summed E-state index contributed by atoms with van der Waals surface area (Å²) in [6.07, 6.45) is -4.48. The summed E-state index contributed by atoms with van der Waals surface area (Å²) in [5, 5.41) is 0.250. The quantitative estimate of drug-likeness (QED) is 0.875. The van der Waals surface area contributed by atoms with Crippen LogP contribution in [-0.2, 0) is 16.2 Å². The van der Waals surface area contributed by atoms with E-state index in [9.17, 15) is 21.6 Å². The van der Waals surface area contributed by atoms with Gasteiger partial charge in [-0.2, -0.15) is 13.2 Å². The zero-order valence-electron chi connectivity index (χ0n) is 11.9. The summed E-state index contributed by atoms with van der Waals surface area (Å²) < 4.78 is 65.0. The third kappa shape index (κ3) is 4.46. The SMILES string of the molecule is CC(NS(=O)(=O)c1cccc(Cl)c1)c1cccc(C(F)(F)F)c1. The van der Waals surface area contributed by atoms with Crippen LogP contribution in [0.1, 0.15) is 24.1 Å². The normalized spacial score (nSPS) is 13.8. The molecule has 0 bridgehead atoms. The Balaban J connectivity index is 2.27. The van der Waals surface area contributed by atoms with Crippen molar-refractivity contribution in [1.82, 2.24) is 4.72 Å². The van der Waals surface area contributed by atoms with Crippen LogP contribution in [0.15, 0.2) is 53.4 Å². The van der Waals surface area contributed by atoms with Gasteiger partial charge in [0.1, 0.15) is 0 Å². The summed E-state index contributed by atoms with van der Waals surface area (Å²) in [4.78, 5) is -0.0520. The molecule has 0 aromatic heterocycles. The number of hydrogen-bond donors (Lipinski definition) is 1. The second-order valence-corrected chi connectivity index (χ2v) is 7.07. The average molecular weight is 364 g/mol. The number of nitrogens with one attached hydrogen (secondary N) is 1. The molecule has 3 nitrogen and oxygen atoms in total. The predicted octanol–water partition coefficient (Wildman–Crippen LogP) is 4.40. The topological polar surface area (TPSA) is 46.2 Å². The lowest BCUT2D eigenvalue weighted by Crippen LogP contribution is -2.27. The highest BCUT2D eigenvalue weighted by Crippen LogP contribution is 2.31. The van der Waals surface area contributed by atoms with Gasteiger partial charge in [-0.1, -0.05) is 29.8 Å². The maximum absolute atomic E-state index is 12.7. The third-order valence-corrected chi connectivity index (χ3v) is 4.93. The van der Waals surface area contributed by atoms with Gasteiger partial charge in [-0.05, 0) is 42.8 Å². The Morgan fingerprint density at radius 1 is 1.09 bits per heavy atom. The zero-order chi connectivity index (χ0) is 17.3. The third-order valence-electron chi connectivity index (χ3n) is 3.15. The Kier molecular flexibility index (Phi) is 5.03. The van der Waals surface area contributed by atoms with Gasteiger partial charge >= 0.3 is 6.18 Å². The summed E-state index contributed by atoms with van der Waals surface area (Å²) in [6.45, 7) is 1.47. The minimum Gasteiger partial charge on any atom is -0.207 e. The van der Waals surface area contributed by atoms with Crippen LogP contribution < -0.4 is 4.72 Å². The van der Waals surface area contributed by atoms with Crippen molar-refractivity contribution < 1.29 is 21.6 Å². The molecular formula is C15H13ClF3NO2S. The molecule has 23 heavy (non-hydrogen) atoms. The Morgan fingerprint density at radius 2 is 1.74 bits per heavy atom. The highest BCUT2D eigenvalue weighted by atomic mass is 35.5. The molecule has 124 valence electrons. The standard InChI is InChI=1S/C15H13ClF3NO2S/c1-10(11-4-2-5-12(8-11)15(17,18)19)20-23(21,22)14-7-3-6-13(16)9-14/h2-10,20H,1H3. The van der Waals surface area contributed by atoms with Crippen molar-refractivity contribution in [1.29, 1.82) is 0 Å². The van der Waals surface area contributed by atoms with Crippen LogP contribution in [-0.4, -0.2) is 8.42 Å². The lowest BCUT2D eigenvalue weighted by Gasteiger charge is -2.16. The molecule has 2 aromatic carbocycles. The zero-order valence-corrected chi connectivity index (χ0v) is 13.5. The summed E-state index contributed by atoms with van der Waals surface area (Å²) in [5.74, 6) is 0. The Hall–Kier alpha value is -1.57. The Bertz CT molecular complexity index is 806. The lowest BCUT2D eigenvalue weighted by atomic mass is 10.1. The van der Waals surface area contributed by atoms with Crippen molar-refractivity contribution >= 4 is 21.6 Å². The number of alkyl halides is 3. The Labute approximate surface area is 137 Å². The molecule has 2 aromatic rings. The van der Waals surface area contributed by atoms with Crippen molar-refractivity contribution in [3.8, 4) is 0 Å². The molecule has 1 atom stereocenters. The van der Waals surface area contributed by atoms with E-state index in [2.05, 4.69) is 4.72 Å². The van der Waals surface area contributed by atoms with Crippen LogP contribution in [0.3, 0.4) is 0 Å². The van der Waals surface area contributed by atoms with Gasteiger partial charge in [0, 0.05) is 11.1 Å². The molecule has 0 spiro atoms. The van der Waals surface area contributed by atoms with Gasteiger partial charge in [-0.25, -0.2) is 13.1 Å². The van der Waals surface area contributed by atoms with Crippen LogP contribution in [0.5, 0.6) is 0 Å². The van der Waals surface area contributed by atoms with E-state index < -0.39 is 27.8 Å². The van der Waals surface area contributed by atoms with E-state index in [0.717, 1.165) is 12.1 Å². The molecule has 0 aliphatic rings. The molecule has 2 rings (SSSR count). The fourth-order valence-corrected chi connectivity index (χ4v) is 3.52. The van der Waals surface area contributed by atoms with Gasteiger partial charge in [0.15, 0.2) is 0 Å². The number of benzene rings is 2. The van der Waals surface area contributed by atoms with Crippen LogP contribution in [0, 0.1) is 0 Å². The molecule has 0 saturated carbocycles. The molecular weight excluding hydrogens is 351 g/mol. The number of sulfonamides is 1. The van der Waals surface area contributed by atoms with Gasteiger partial charge < -0.3 is 0 Å². The minimum atomic E-state index is -4.48. The van der Waals surface area contributed by atoms with E-state index in [1.165, 1.54) is 43.3 Å². The summed E-state index contributed by atoms with van der Waals surface area (Å²) in [5.41, 5.74) is -0.616. The molecule has 1 unspecified atom stereocenters. The first-order valence-electron chi connectivity index (χ1n) is 6.54. The first-order valence-corrected chi connectivity index (χ1v) is 8.41. The fraction of sp³-hybridized carbons (Fsp3) is 0.200. The maximum atomic E-state index is 12.7. The molecule has 1 N–H and O–H groups in total. The highest BCUT2D eigenvalue weighted by molar-refractivity contribution is 7.89. The minimum absolute atomic E-state index is 0.0520. The first-order chi connectivity index (χ1) is 10.6. The summed E-state index contributed by atoms with van der Waals surface area (Å²) in [6, 6.07) is 9.31. The fourth-order valence-electron chi connectivity index (χ4n) is 1.99. The first kappa shape index (κ1) is 17.8. The van der Waals surface area contributed by atoms with Crippen LogP contribution >= 0.6 is 11.6 Å². The number of hydrogen-bond acceptors (Lipinski definition) is 2. The highest BCUT2D eigenvalue weighted by Gasteiger charge is 2.31. The van der Waals surface area contributed by atoms with E-state index in [-0.39, 0.29) is 15.5 Å². The Morgan fingerprint density at radius 3 is 2.35 bits per heavy atom. The van der Waals surface area contributed by atoms with E-state index in [0.29, 0.717) is 0 Å². The molecule has 0 saturated heterocycles. The van der Waals surface area contributed by atoms with Crippen molar-refractivity contribution in [3.63, 3.8) is 0 Å². The van der Waals surface area contributed by atoms with Crippen molar-refractivity contribution in [2.45, 2.75) is 24.0 Å². The predicted molar refractivity (Wildman–Crippen MR) is 81.6 cm³/mol. The van der Waals surface area contributed by atoms with E-state index >= 15 is 0 Å². The molecule has 0 aliphatic heterocycles. The summed E-state index contributed by atoms with van der Waals surface area (Å²) >= 11 is 5.76. The molecule has 8 heteroatoms. The molecule has 0 heterocycles. The van der Waals surface area contributed by atoms with Gasteiger partial charge in [-0.3, -0.25) is 0 Å². The van der Waals surface area contributed by atoms with E-state index in [4.69, 9.17) is 11.6 Å². The van der Waals surface area contributed by atoms with Gasteiger partial charge in [0.25, 0.3) is 0 Å². The second-order valence-electron chi connectivity index (χ2n) is 4.92. The van der Waals surface area contributed by atoms with Crippen LogP contribution in [0.4, 0.5) is 13.2 Å². The van der Waals surface area contributed by atoms with Crippen LogP contribution in [0.25, 0.3) is 0 Å². The monoisotopic (exact) mass is 363 g/mol. The molecule has 0 amide bonds. The second kappa shape index (κ2) is 6.51. The van der Waals surface area contributed by atoms with Crippen molar-refractivity contribution in [2.75, 3.05) is 0 Å². The largest absolute Gasteiger partial charge is 0.416 e. The van der Waals surface area contributed by atoms with Crippen molar-refractivity contribution in [2.24, 2.45) is 0 Å². The van der Waals surface area contributed by atoms with E-state index in [1.807, 2.05) is 0 Å². The van der Waals surface area contributed by atoms with Gasteiger partial charge in [-0.15, -0.1) is 0 Å². The smallest absolute Gasteiger partial charge is 0.207 e. The molecule has 0 radical (unpaired) electrons. The summed E-state index contributed by atoms with van der Waals surface area (Å²) in [7, 11) is -3.89.